The van der Waals surface area contributed by atoms with Crippen molar-refractivity contribution < 1.29 is 8.42 Å². The lowest BCUT2D eigenvalue weighted by atomic mass is 10.1. The lowest BCUT2D eigenvalue weighted by Gasteiger charge is -2.31. The first-order chi connectivity index (χ1) is 8.55. The molecule has 1 N–H and O–H groups in total. The maximum atomic E-state index is 12.5. The number of hydrogen-bond donors (Lipinski definition) is 1. The Balaban J connectivity index is 2.23. The Kier molecular flexibility index (Phi) is 4.42. The fraction of sp³-hybridized carbons (Fsp3) is 0.667. The summed E-state index contributed by atoms with van der Waals surface area (Å²) in [6, 6.07) is 1.91. The number of piperidine rings is 1. The molecule has 6 heteroatoms. The molecular weight excluding hydrogens is 268 g/mol. The number of hydrogen-bond acceptors (Lipinski definition) is 4. The van der Waals surface area contributed by atoms with Gasteiger partial charge in [0.15, 0.2) is 0 Å². The van der Waals surface area contributed by atoms with Crippen LogP contribution in [-0.4, -0.2) is 32.4 Å². The van der Waals surface area contributed by atoms with Crippen LogP contribution in [0, 0.1) is 0 Å². The number of nitrogens with zero attached hydrogens (tertiary/aromatic N) is 1. The van der Waals surface area contributed by atoms with E-state index in [-0.39, 0.29) is 6.04 Å². The molecular formula is C12H20N2O2S2. The molecule has 0 spiro atoms. The molecule has 1 aliphatic rings. The molecule has 0 bridgehead atoms. The maximum absolute atomic E-state index is 12.5. The molecule has 2 rings (SSSR count). The summed E-state index contributed by atoms with van der Waals surface area (Å²) < 4.78 is 26.7. The van der Waals surface area contributed by atoms with Gasteiger partial charge in [-0.05, 0) is 32.9 Å². The van der Waals surface area contributed by atoms with Crippen LogP contribution in [0.4, 0.5) is 0 Å². The third-order valence-corrected chi connectivity index (χ3v) is 6.41. The van der Waals surface area contributed by atoms with Crippen LogP contribution in [0.2, 0.25) is 0 Å². The second-order valence-electron chi connectivity index (χ2n) is 4.74. The van der Waals surface area contributed by atoms with Gasteiger partial charge in [0, 0.05) is 29.4 Å². The van der Waals surface area contributed by atoms with Gasteiger partial charge in [-0.25, -0.2) is 8.42 Å². The predicted molar refractivity (Wildman–Crippen MR) is 74.3 cm³/mol. The minimum Gasteiger partial charge on any atom is -0.315 e. The molecule has 102 valence electrons. The van der Waals surface area contributed by atoms with Gasteiger partial charge in [0.1, 0.15) is 0 Å². The molecule has 1 aromatic heterocycles. The third-order valence-electron chi connectivity index (χ3n) is 3.33. The zero-order valence-electron chi connectivity index (χ0n) is 10.8. The van der Waals surface area contributed by atoms with Crippen molar-refractivity contribution in [1.82, 2.24) is 9.62 Å². The quantitative estimate of drug-likeness (QED) is 0.922. The van der Waals surface area contributed by atoms with Crippen LogP contribution in [0.3, 0.4) is 0 Å². The van der Waals surface area contributed by atoms with Gasteiger partial charge >= 0.3 is 0 Å². The second kappa shape index (κ2) is 5.69. The van der Waals surface area contributed by atoms with Crippen molar-refractivity contribution in [2.45, 2.75) is 43.7 Å². The van der Waals surface area contributed by atoms with Crippen molar-refractivity contribution in [2.75, 3.05) is 13.6 Å². The SMILES string of the molecule is CNCc1cc(S(=O)(=O)N2CCCCC2C)cs1. The van der Waals surface area contributed by atoms with Gasteiger partial charge in [0.2, 0.25) is 10.0 Å². The Morgan fingerprint density at radius 1 is 1.50 bits per heavy atom. The average Bonchev–Trinajstić information content (AvgIpc) is 2.79. The third kappa shape index (κ3) is 2.77. The van der Waals surface area contributed by atoms with E-state index in [2.05, 4.69) is 5.32 Å². The molecule has 0 amide bonds. The zero-order chi connectivity index (χ0) is 13.2. The normalized spacial score (nSPS) is 22.2. The van der Waals surface area contributed by atoms with Crippen molar-refractivity contribution in [1.29, 1.82) is 0 Å². The van der Waals surface area contributed by atoms with Gasteiger partial charge < -0.3 is 5.32 Å². The Bertz CT molecular complexity index is 496. The molecule has 0 radical (unpaired) electrons. The summed E-state index contributed by atoms with van der Waals surface area (Å²) in [5, 5.41) is 4.79. The van der Waals surface area contributed by atoms with Crippen molar-refractivity contribution in [3.8, 4) is 0 Å². The molecule has 0 saturated carbocycles. The van der Waals surface area contributed by atoms with Crippen molar-refractivity contribution in [3.05, 3.63) is 16.3 Å². The minimum absolute atomic E-state index is 0.122. The summed E-state index contributed by atoms with van der Waals surface area (Å²) in [7, 11) is -1.43. The van der Waals surface area contributed by atoms with Crippen LogP contribution in [0.5, 0.6) is 0 Å². The standard InChI is InChI=1S/C12H20N2O2S2/c1-10-5-3-4-6-14(10)18(15,16)12-7-11(8-13-2)17-9-12/h7,9-10,13H,3-6,8H2,1-2H3. The second-order valence-corrected chi connectivity index (χ2v) is 7.63. The van der Waals surface area contributed by atoms with Crippen LogP contribution in [-0.2, 0) is 16.6 Å². The van der Waals surface area contributed by atoms with Gasteiger partial charge in [0.25, 0.3) is 0 Å². The van der Waals surface area contributed by atoms with Crippen LogP contribution in [0.15, 0.2) is 16.3 Å². The molecule has 2 heterocycles. The lowest BCUT2D eigenvalue weighted by Crippen LogP contribution is -2.41. The van der Waals surface area contributed by atoms with E-state index >= 15 is 0 Å². The summed E-state index contributed by atoms with van der Waals surface area (Å²) in [4.78, 5) is 1.51. The summed E-state index contributed by atoms with van der Waals surface area (Å²) in [6.45, 7) is 3.37. The van der Waals surface area contributed by atoms with Crippen LogP contribution in [0.25, 0.3) is 0 Å². The molecule has 18 heavy (non-hydrogen) atoms. The van der Waals surface area contributed by atoms with Gasteiger partial charge in [-0.1, -0.05) is 6.42 Å². The van der Waals surface area contributed by atoms with E-state index in [1.807, 2.05) is 14.0 Å². The smallest absolute Gasteiger partial charge is 0.244 e. The molecule has 1 saturated heterocycles. The Morgan fingerprint density at radius 2 is 2.28 bits per heavy atom. The van der Waals surface area contributed by atoms with Gasteiger partial charge in [-0.2, -0.15) is 4.31 Å². The first-order valence-corrected chi connectivity index (χ1v) is 8.61. The molecule has 1 aliphatic heterocycles. The first kappa shape index (κ1) is 14.0. The number of thiophene rings is 1. The predicted octanol–water partition coefficient (Wildman–Crippen LogP) is 2.03. The molecule has 1 unspecified atom stereocenters. The largest absolute Gasteiger partial charge is 0.315 e. The topological polar surface area (TPSA) is 49.4 Å². The summed E-state index contributed by atoms with van der Waals surface area (Å²) in [5.41, 5.74) is 0. The first-order valence-electron chi connectivity index (χ1n) is 6.29. The number of sulfonamides is 1. The number of rotatable bonds is 4. The van der Waals surface area contributed by atoms with Gasteiger partial charge in [0.05, 0.1) is 4.90 Å². The molecule has 1 aromatic rings. The number of nitrogens with one attached hydrogen (secondary N) is 1. The Labute approximate surface area is 113 Å². The zero-order valence-corrected chi connectivity index (χ0v) is 12.5. The van der Waals surface area contributed by atoms with E-state index in [1.54, 1.807) is 15.8 Å². The Hall–Kier alpha value is -0.430. The van der Waals surface area contributed by atoms with E-state index in [0.717, 1.165) is 30.7 Å². The van der Waals surface area contributed by atoms with Crippen LogP contribution < -0.4 is 5.32 Å². The van der Waals surface area contributed by atoms with E-state index in [9.17, 15) is 8.42 Å². The van der Waals surface area contributed by atoms with Crippen molar-refractivity contribution >= 4 is 21.4 Å². The van der Waals surface area contributed by atoms with E-state index in [1.165, 1.54) is 11.3 Å². The highest BCUT2D eigenvalue weighted by Crippen LogP contribution is 2.27. The highest BCUT2D eigenvalue weighted by molar-refractivity contribution is 7.89. The fourth-order valence-corrected chi connectivity index (χ4v) is 5.30. The molecule has 0 aliphatic carbocycles. The molecule has 0 aromatic carbocycles. The minimum atomic E-state index is -3.29. The van der Waals surface area contributed by atoms with Crippen LogP contribution >= 0.6 is 11.3 Å². The van der Waals surface area contributed by atoms with Gasteiger partial charge in [-0.15, -0.1) is 11.3 Å². The molecule has 1 atom stereocenters. The highest BCUT2D eigenvalue weighted by atomic mass is 32.2. The Morgan fingerprint density at radius 3 is 2.94 bits per heavy atom. The van der Waals surface area contributed by atoms with Crippen molar-refractivity contribution in [2.24, 2.45) is 0 Å². The van der Waals surface area contributed by atoms with Crippen molar-refractivity contribution in [3.63, 3.8) is 0 Å². The van der Waals surface area contributed by atoms with Gasteiger partial charge in [-0.3, -0.25) is 0 Å². The van der Waals surface area contributed by atoms with E-state index < -0.39 is 10.0 Å². The highest BCUT2D eigenvalue weighted by Gasteiger charge is 2.31. The molecule has 4 nitrogen and oxygen atoms in total. The average molecular weight is 288 g/mol. The summed E-state index contributed by atoms with van der Waals surface area (Å²) in [5.74, 6) is 0. The van der Waals surface area contributed by atoms with E-state index in [0.29, 0.717) is 11.4 Å². The monoisotopic (exact) mass is 288 g/mol. The lowest BCUT2D eigenvalue weighted by molar-refractivity contribution is 0.269. The summed E-state index contributed by atoms with van der Waals surface area (Å²) >= 11 is 1.50. The fourth-order valence-electron chi connectivity index (χ4n) is 2.33. The molecule has 1 fully saturated rings. The van der Waals surface area contributed by atoms with E-state index in [4.69, 9.17) is 0 Å². The maximum Gasteiger partial charge on any atom is 0.244 e. The van der Waals surface area contributed by atoms with Crippen LogP contribution in [0.1, 0.15) is 31.1 Å². The summed E-state index contributed by atoms with van der Waals surface area (Å²) in [6.07, 6.45) is 3.06.